The Morgan fingerprint density at radius 1 is 1.11 bits per heavy atom. The minimum atomic E-state index is -0.518. The highest BCUT2D eigenvalue weighted by Gasteiger charge is 2.27. The molecule has 0 radical (unpaired) electrons. The van der Waals surface area contributed by atoms with Crippen molar-refractivity contribution in [1.29, 1.82) is 0 Å². The van der Waals surface area contributed by atoms with Crippen molar-refractivity contribution in [2.24, 2.45) is 0 Å². The summed E-state index contributed by atoms with van der Waals surface area (Å²) in [7, 11) is 0. The number of rotatable bonds is 2. The molecule has 2 aliphatic heterocycles. The zero-order valence-electron chi connectivity index (χ0n) is 10.7. The van der Waals surface area contributed by atoms with Gasteiger partial charge in [-0.2, -0.15) is 0 Å². The van der Waals surface area contributed by atoms with E-state index in [1.54, 1.807) is 0 Å². The largest absolute Gasteiger partial charge is 0.346 e. The van der Waals surface area contributed by atoms with Crippen LogP contribution in [-0.4, -0.2) is 38.0 Å². The average molecular weight is 259 g/mol. The lowest BCUT2D eigenvalue weighted by Crippen LogP contribution is -2.52. The molecule has 1 atom stereocenters. The normalized spacial score (nSPS) is 23.6. The highest BCUT2D eigenvalue weighted by molar-refractivity contribution is 6.41. The van der Waals surface area contributed by atoms with Gasteiger partial charge in [0.1, 0.15) is 0 Å². The molecule has 5 heteroatoms. The van der Waals surface area contributed by atoms with Gasteiger partial charge < -0.3 is 15.5 Å². The summed E-state index contributed by atoms with van der Waals surface area (Å²) in [6.07, 6.45) is 1.16. The molecule has 3 rings (SSSR count). The Bertz CT molecular complexity index is 492. The summed E-state index contributed by atoms with van der Waals surface area (Å²) in [6.45, 7) is 3.13. The lowest BCUT2D eigenvalue weighted by molar-refractivity contribution is -0.138. The quantitative estimate of drug-likeness (QED) is 0.747. The molecule has 0 bridgehead atoms. The van der Waals surface area contributed by atoms with Crippen LogP contribution in [0.5, 0.6) is 0 Å². The Morgan fingerprint density at radius 3 is 2.58 bits per heavy atom. The van der Waals surface area contributed by atoms with Crippen LogP contribution in [0.4, 0.5) is 5.69 Å². The molecule has 100 valence electrons. The van der Waals surface area contributed by atoms with E-state index < -0.39 is 11.8 Å². The zero-order valence-corrected chi connectivity index (χ0v) is 10.7. The fourth-order valence-electron chi connectivity index (χ4n) is 2.69. The third-order valence-electron chi connectivity index (χ3n) is 3.80. The first-order valence-electron chi connectivity index (χ1n) is 6.66. The summed E-state index contributed by atoms with van der Waals surface area (Å²) in [4.78, 5) is 24.7. The topological polar surface area (TPSA) is 61.4 Å². The number of hydrogen-bond donors (Lipinski definition) is 2. The van der Waals surface area contributed by atoms with Crippen molar-refractivity contribution in [3.8, 4) is 0 Å². The predicted molar refractivity (Wildman–Crippen MR) is 72.0 cm³/mol. The Balaban J connectivity index is 1.78. The number of carbonyl (C=O) groups excluding carboxylic acids is 2. The molecule has 2 heterocycles. The van der Waals surface area contributed by atoms with Gasteiger partial charge in [-0.05, 0) is 36.6 Å². The first-order chi connectivity index (χ1) is 9.25. The molecule has 2 N–H and O–H groups in total. The van der Waals surface area contributed by atoms with Crippen LogP contribution in [0.25, 0.3) is 0 Å². The van der Waals surface area contributed by atoms with Gasteiger partial charge in [0.05, 0.1) is 0 Å². The molecular weight excluding hydrogens is 242 g/mol. The van der Waals surface area contributed by atoms with Crippen LogP contribution in [0, 0.1) is 0 Å². The number of benzene rings is 1. The zero-order chi connectivity index (χ0) is 13.2. The van der Waals surface area contributed by atoms with Crippen molar-refractivity contribution in [2.45, 2.75) is 12.3 Å². The number of carbonyl (C=O) groups is 2. The van der Waals surface area contributed by atoms with Gasteiger partial charge in [0.15, 0.2) is 0 Å². The fourth-order valence-corrected chi connectivity index (χ4v) is 2.69. The first kappa shape index (κ1) is 12.2. The molecule has 0 aliphatic carbocycles. The first-order valence-corrected chi connectivity index (χ1v) is 6.66. The summed E-state index contributed by atoms with van der Waals surface area (Å²) in [6, 6.07) is 7.99. The Labute approximate surface area is 112 Å². The van der Waals surface area contributed by atoms with Gasteiger partial charge in [-0.25, -0.2) is 0 Å². The average Bonchev–Trinajstić information content (AvgIpc) is 2.96. The molecule has 2 aliphatic rings. The maximum Gasteiger partial charge on any atom is 0.316 e. The lowest BCUT2D eigenvalue weighted by Gasteiger charge is -2.26. The van der Waals surface area contributed by atoms with Crippen molar-refractivity contribution in [2.75, 3.05) is 31.1 Å². The maximum atomic E-state index is 11.8. The molecule has 0 aromatic heterocycles. The van der Waals surface area contributed by atoms with Crippen molar-refractivity contribution in [3.05, 3.63) is 29.8 Å². The molecule has 2 fully saturated rings. The van der Waals surface area contributed by atoms with E-state index >= 15 is 0 Å². The fraction of sp³-hybridized carbons (Fsp3) is 0.429. The van der Waals surface area contributed by atoms with E-state index in [4.69, 9.17) is 0 Å². The molecular formula is C14H17N3O2. The minimum absolute atomic E-state index is 0.471. The smallest absolute Gasteiger partial charge is 0.316 e. The third-order valence-corrected chi connectivity index (χ3v) is 3.80. The summed E-state index contributed by atoms with van der Waals surface area (Å²) >= 11 is 0. The van der Waals surface area contributed by atoms with Gasteiger partial charge in [0.25, 0.3) is 0 Å². The predicted octanol–water partition coefficient (Wildman–Crippen LogP) is 0.226. The van der Waals surface area contributed by atoms with Crippen molar-refractivity contribution < 1.29 is 9.59 Å². The molecule has 5 nitrogen and oxygen atoms in total. The molecule has 19 heavy (non-hydrogen) atoms. The van der Waals surface area contributed by atoms with Gasteiger partial charge in [-0.15, -0.1) is 0 Å². The van der Waals surface area contributed by atoms with E-state index in [1.807, 2.05) is 12.1 Å². The van der Waals surface area contributed by atoms with Crippen LogP contribution in [0.1, 0.15) is 17.9 Å². The summed E-state index contributed by atoms with van der Waals surface area (Å²) in [5, 5.41) is 5.89. The standard InChI is InChI=1S/C14H17N3O2/c18-13-14(19)17(8-7-16-13)12-3-1-10(2-4-12)11-5-6-15-9-11/h1-4,11,15H,5-9H2,(H,16,18). The van der Waals surface area contributed by atoms with E-state index in [0.717, 1.165) is 25.2 Å². The van der Waals surface area contributed by atoms with Crippen LogP contribution in [-0.2, 0) is 9.59 Å². The molecule has 2 saturated heterocycles. The minimum Gasteiger partial charge on any atom is -0.346 e. The van der Waals surface area contributed by atoms with Crippen LogP contribution < -0.4 is 15.5 Å². The second-order valence-electron chi connectivity index (χ2n) is 4.99. The molecule has 1 aromatic rings. The maximum absolute atomic E-state index is 11.8. The Morgan fingerprint density at radius 2 is 1.89 bits per heavy atom. The SMILES string of the molecule is O=C1NCCN(c2ccc(C3CCNC3)cc2)C1=O. The van der Waals surface area contributed by atoms with Gasteiger partial charge in [0, 0.05) is 25.3 Å². The number of nitrogens with one attached hydrogen (secondary N) is 2. The Kier molecular flexibility index (Phi) is 3.21. The van der Waals surface area contributed by atoms with E-state index in [-0.39, 0.29) is 0 Å². The van der Waals surface area contributed by atoms with E-state index in [1.165, 1.54) is 10.5 Å². The van der Waals surface area contributed by atoms with Gasteiger partial charge in [-0.3, -0.25) is 9.59 Å². The van der Waals surface area contributed by atoms with Crippen LogP contribution in [0.2, 0.25) is 0 Å². The number of nitrogens with zero attached hydrogens (tertiary/aromatic N) is 1. The second kappa shape index (κ2) is 5.01. The highest BCUT2D eigenvalue weighted by atomic mass is 16.2. The van der Waals surface area contributed by atoms with E-state index in [0.29, 0.717) is 19.0 Å². The molecule has 2 amide bonds. The summed E-state index contributed by atoms with van der Waals surface area (Å²) < 4.78 is 0. The Hall–Kier alpha value is -1.88. The van der Waals surface area contributed by atoms with Crippen molar-refractivity contribution in [1.82, 2.24) is 10.6 Å². The highest BCUT2D eigenvalue weighted by Crippen LogP contribution is 2.25. The number of piperazine rings is 1. The molecule has 0 spiro atoms. The van der Waals surface area contributed by atoms with E-state index in [9.17, 15) is 9.59 Å². The molecule has 1 aromatic carbocycles. The van der Waals surface area contributed by atoms with Gasteiger partial charge >= 0.3 is 11.8 Å². The molecule has 0 saturated carbocycles. The number of anilines is 1. The lowest BCUT2D eigenvalue weighted by atomic mass is 9.98. The summed E-state index contributed by atoms with van der Waals surface area (Å²) in [5.41, 5.74) is 2.09. The van der Waals surface area contributed by atoms with Crippen molar-refractivity contribution in [3.63, 3.8) is 0 Å². The summed E-state index contributed by atoms with van der Waals surface area (Å²) in [5.74, 6) is -0.425. The molecule has 1 unspecified atom stereocenters. The van der Waals surface area contributed by atoms with Gasteiger partial charge in [-0.1, -0.05) is 12.1 Å². The monoisotopic (exact) mass is 259 g/mol. The van der Waals surface area contributed by atoms with Crippen LogP contribution in [0.15, 0.2) is 24.3 Å². The third kappa shape index (κ3) is 2.33. The number of amides is 2. The van der Waals surface area contributed by atoms with Crippen LogP contribution in [0.3, 0.4) is 0 Å². The number of hydrogen-bond acceptors (Lipinski definition) is 3. The van der Waals surface area contributed by atoms with Gasteiger partial charge in [0.2, 0.25) is 0 Å². The van der Waals surface area contributed by atoms with Crippen LogP contribution >= 0.6 is 0 Å². The van der Waals surface area contributed by atoms with E-state index in [2.05, 4.69) is 22.8 Å². The van der Waals surface area contributed by atoms with Crippen molar-refractivity contribution >= 4 is 17.5 Å². The second-order valence-corrected chi connectivity index (χ2v) is 4.99.